The molecule has 0 bridgehead atoms. The van der Waals surface area contributed by atoms with Gasteiger partial charge in [-0.3, -0.25) is 4.90 Å². The third kappa shape index (κ3) is 7.88. The van der Waals surface area contributed by atoms with E-state index in [0.717, 1.165) is 25.9 Å². The number of likely N-dealkylation sites (tertiary alicyclic amines) is 1. The molecule has 0 atom stereocenters. The van der Waals surface area contributed by atoms with Gasteiger partial charge in [-0.25, -0.2) is 0 Å². The quantitative estimate of drug-likeness (QED) is 0.124. The van der Waals surface area contributed by atoms with Crippen molar-refractivity contribution in [3.63, 3.8) is 0 Å². The van der Waals surface area contributed by atoms with Crippen LogP contribution in [0.4, 0.5) is 52.7 Å². The van der Waals surface area contributed by atoms with Gasteiger partial charge in [-0.15, -0.1) is 0 Å². The van der Waals surface area contributed by atoms with Crippen LogP contribution in [-0.2, 0) is 37.8 Å². The highest BCUT2D eigenvalue weighted by molar-refractivity contribution is 6.12. The normalized spacial score (nSPS) is 16.4. The zero-order chi connectivity index (χ0) is 42.3. The number of hydrogen-bond donors (Lipinski definition) is 0. The topological polar surface area (TPSA) is 3.24 Å². The number of likely N-dealkylation sites (N-methyl/N-ethyl adjacent to an activating group) is 1. The molecule has 6 aromatic rings. The molecule has 0 spiro atoms. The predicted molar refractivity (Wildman–Crippen MR) is 202 cm³/mol. The molecule has 0 radical (unpaired) electrons. The van der Waals surface area contributed by atoms with Gasteiger partial charge >= 0.3 is 24.7 Å². The summed E-state index contributed by atoms with van der Waals surface area (Å²) in [5.41, 5.74) is -4.79. The van der Waals surface area contributed by atoms with Crippen LogP contribution in [0.1, 0.15) is 46.2 Å². The van der Waals surface area contributed by atoms with Gasteiger partial charge in [0, 0.05) is 28.8 Å². The van der Waals surface area contributed by atoms with Gasteiger partial charge in [-0.05, 0) is 118 Å². The number of quaternary nitrogens is 1. The highest BCUT2D eigenvalue weighted by Gasteiger charge is 2.41. The van der Waals surface area contributed by atoms with Crippen molar-refractivity contribution in [3.05, 3.63) is 130 Å². The standard InChI is InChI=1S/C45H35F12N2/c1-59(15-14-58-12-6-7-13-58)24-38-36(28-16-30(42(46,47)48)22-31(17-28)43(49,50)51)20-26-8-2-4-10-34(26)40(38)41-35-11-5-3-9-27(35)21-37(39(41)25-59)29-18-32(44(52,53)54)23-33(19-29)45(55,56)57/h2-5,8-11,16-23H,6-7,12-15,24-25H2,1H3/q+1. The van der Waals surface area contributed by atoms with Gasteiger partial charge < -0.3 is 4.48 Å². The SMILES string of the molecule is C[N+]1(CCN2CCCC2)Cc2c(-c3cc(C(F)(F)F)cc(C(F)(F)F)c3)cc3ccccc3c2-c2c(c(-c3cc(C(F)(F)F)cc(C(F)(F)F)c3)cc3ccccc23)C1. The minimum Gasteiger partial charge on any atom is -0.317 e. The summed E-state index contributed by atoms with van der Waals surface area (Å²) in [6, 6.07) is 19.6. The first-order valence-electron chi connectivity index (χ1n) is 18.8. The lowest BCUT2D eigenvalue weighted by Crippen LogP contribution is -2.47. The van der Waals surface area contributed by atoms with E-state index in [4.69, 9.17) is 0 Å². The first-order chi connectivity index (χ1) is 27.6. The third-order valence-corrected chi connectivity index (χ3v) is 11.6. The first-order valence-corrected chi connectivity index (χ1v) is 18.8. The minimum atomic E-state index is -5.14. The Hall–Kier alpha value is -5.08. The predicted octanol–water partition coefficient (Wildman–Crippen LogP) is 13.6. The number of alkyl halides is 12. The summed E-state index contributed by atoms with van der Waals surface area (Å²) in [5.74, 6) is 0. The Morgan fingerprint density at radius 3 is 1.20 bits per heavy atom. The lowest BCUT2D eigenvalue weighted by molar-refractivity contribution is -0.934. The van der Waals surface area contributed by atoms with E-state index in [-0.39, 0.29) is 52.0 Å². The number of fused-ring (bicyclic) bond motifs is 7. The molecule has 0 N–H and O–H groups in total. The molecule has 2 heterocycles. The van der Waals surface area contributed by atoms with Crippen molar-refractivity contribution in [2.45, 2.75) is 50.6 Å². The van der Waals surface area contributed by atoms with Gasteiger partial charge in [0.25, 0.3) is 0 Å². The number of nitrogens with zero attached hydrogens (tertiary/aromatic N) is 2. The second kappa shape index (κ2) is 14.3. The van der Waals surface area contributed by atoms with E-state index in [1.807, 2.05) is 7.05 Å². The maximum absolute atomic E-state index is 14.3. The smallest absolute Gasteiger partial charge is 0.317 e. The number of benzene rings is 6. The molecule has 1 saturated heterocycles. The van der Waals surface area contributed by atoms with Crippen LogP contribution in [0, 0.1) is 0 Å². The fourth-order valence-corrected chi connectivity index (χ4v) is 8.78. The van der Waals surface area contributed by atoms with Gasteiger partial charge in [-0.2, -0.15) is 52.7 Å². The van der Waals surface area contributed by atoms with E-state index in [2.05, 4.69) is 4.90 Å². The fraction of sp³-hybridized carbons (Fsp3) is 0.289. The highest BCUT2D eigenvalue weighted by atomic mass is 19.4. The van der Waals surface area contributed by atoms with Gasteiger partial charge in [0.15, 0.2) is 0 Å². The molecule has 0 aliphatic carbocycles. The van der Waals surface area contributed by atoms with Crippen LogP contribution < -0.4 is 0 Å². The second-order valence-corrected chi connectivity index (χ2v) is 15.8. The molecule has 0 aromatic heterocycles. The number of hydrogen-bond acceptors (Lipinski definition) is 1. The molecule has 59 heavy (non-hydrogen) atoms. The van der Waals surface area contributed by atoms with E-state index >= 15 is 0 Å². The van der Waals surface area contributed by atoms with Crippen molar-refractivity contribution in [1.82, 2.24) is 4.90 Å². The van der Waals surface area contributed by atoms with Crippen molar-refractivity contribution < 1.29 is 57.2 Å². The van der Waals surface area contributed by atoms with Crippen molar-refractivity contribution in [3.8, 4) is 33.4 Å². The zero-order valence-electron chi connectivity index (χ0n) is 31.3. The molecule has 2 nitrogen and oxygen atoms in total. The van der Waals surface area contributed by atoms with E-state index in [1.165, 1.54) is 0 Å². The monoisotopic (exact) mass is 831 g/mol. The van der Waals surface area contributed by atoms with Crippen LogP contribution in [-0.4, -0.2) is 42.6 Å². The second-order valence-electron chi connectivity index (χ2n) is 15.8. The van der Waals surface area contributed by atoms with Gasteiger partial charge in [-0.1, -0.05) is 48.5 Å². The van der Waals surface area contributed by atoms with Crippen LogP contribution in [0.3, 0.4) is 0 Å². The number of halogens is 12. The molecule has 1 fully saturated rings. The maximum Gasteiger partial charge on any atom is 0.416 e. The molecule has 0 amide bonds. The van der Waals surface area contributed by atoms with Gasteiger partial charge in [0.05, 0.1) is 35.8 Å². The summed E-state index contributed by atoms with van der Waals surface area (Å²) in [6.45, 7) is 2.64. The zero-order valence-corrected chi connectivity index (χ0v) is 31.3. The first kappa shape index (κ1) is 40.7. The molecular formula is C45H35F12N2+. The van der Waals surface area contributed by atoms with Crippen molar-refractivity contribution in [2.24, 2.45) is 0 Å². The maximum atomic E-state index is 14.3. The number of rotatable bonds is 5. The van der Waals surface area contributed by atoms with Crippen LogP contribution in [0.25, 0.3) is 54.9 Å². The molecule has 6 aromatic carbocycles. The van der Waals surface area contributed by atoms with E-state index in [0.29, 0.717) is 81.2 Å². The van der Waals surface area contributed by atoms with Crippen molar-refractivity contribution in [1.29, 1.82) is 0 Å². The Bertz CT molecular complexity index is 2360. The van der Waals surface area contributed by atoms with Crippen LogP contribution in [0.2, 0.25) is 0 Å². The summed E-state index contributed by atoms with van der Waals surface area (Å²) >= 11 is 0. The van der Waals surface area contributed by atoms with E-state index in [9.17, 15) is 52.7 Å². The van der Waals surface area contributed by atoms with Crippen LogP contribution >= 0.6 is 0 Å². The lowest BCUT2D eigenvalue weighted by atomic mass is 9.81. The Labute approximate surface area is 330 Å². The molecule has 0 saturated carbocycles. The summed E-state index contributed by atoms with van der Waals surface area (Å²) in [7, 11) is 1.85. The average Bonchev–Trinajstić information content (AvgIpc) is 3.64. The summed E-state index contributed by atoms with van der Waals surface area (Å²) in [4.78, 5) is 2.23. The molecule has 308 valence electrons. The lowest BCUT2D eigenvalue weighted by Gasteiger charge is -2.36. The van der Waals surface area contributed by atoms with Crippen molar-refractivity contribution >= 4 is 21.5 Å². The average molecular weight is 832 g/mol. The minimum absolute atomic E-state index is 0.0553. The van der Waals surface area contributed by atoms with Crippen LogP contribution in [0.15, 0.2) is 97.1 Å². The molecule has 2 aliphatic heterocycles. The summed E-state index contributed by atoms with van der Waals surface area (Å²) < 4.78 is 172. The van der Waals surface area contributed by atoms with Gasteiger partial charge in [0.1, 0.15) is 13.1 Å². The Morgan fingerprint density at radius 1 is 0.492 bits per heavy atom. The molecule has 2 aliphatic rings. The van der Waals surface area contributed by atoms with Gasteiger partial charge in [0.2, 0.25) is 0 Å². The third-order valence-electron chi connectivity index (χ3n) is 11.6. The molecule has 14 heteroatoms. The molecule has 8 rings (SSSR count). The molecule has 0 unspecified atom stereocenters. The van der Waals surface area contributed by atoms with E-state index in [1.54, 1.807) is 60.7 Å². The summed E-state index contributed by atoms with van der Waals surface area (Å²) in [5, 5.41) is 2.04. The Balaban J connectivity index is 1.52. The Kier molecular flexibility index (Phi) is 9.85. The molecular weight excluding hydrogens is 796 g/mol. The van der Waals surface area contributed by atoms with E-state index < -0.39 is 47.0 Å². The summed E-state index contributed by atoms with van der Waals surface area (Å²) in [6.07, 6.45) is -18.6. The highest BCUT2D eigenvalue weighted by Crippen LogP contribution is 2.51. The fourth-order valence-electron chi connectivity index (χ4n) is 8.78. The van der Waals surface area contributed by atoms with Crippen LogP contribution in [0.5, 0.6) is 0 Å². The Morgan fingerprint density at radius 2 is 0.847 bits per heavy atom. The largest absolute Gasteiger partial charge is 0.416 e. The van der Waals surface area contributed by atoms with Crippen molar-refractivity contribution in [2.75, 3.05) is 33.2 Å².